The summed E-state index contributed by atoms with van der Waals surface area (Å²) in [7, 11) is 0. The highest BCUT2D eigenvalue weighted by atomic mass is 35.5. The minimum atomic E-state index is -1.07. The first-order valence-electron chi connectivity index (χ1n) is 7.17. The lowest BCUT2D eigenvalue weighted by Crippen LogP contribution is -2.45. The Kier molecular flexibility index (Phi) is 5.36. The summed E-state index contributed by atoms with van der Waals surface area (Å²) < 4.78 is 0. The lowest BCUT2D eigenvalue weighted by molar-refractivity contribution is -0.139. The number of hydrazine groups is 1. The molecule has 1 atom stereocenters. The molecule has 0 aliphatic carbocycles. The zero-order chi connectivity index (χ0) is 17.0. The van der Waals surface area contributed by atoms with Gasteiger partial charge in [-0.05, 0) is 23.8 Å². The van der Waals surface area contributed by atoms with Crippen molar-refractivity contribution in [3.63, 3.8) is 0 Å². The SMILES string of the molecule is CC.NC1=NC(C(=O)O)NN1Cc1ccc2ncc(Cl)cc2c1. The van der Waals surface area contributed by atoms with Gasteiger partial charge in [-0.1, -0.05) is 31.5 Å². The predicted molar refractivity (Wildman–Crippen MR) is 89.8 cm³/mol. The van der Waals surface area contributed by atoms with Crippen LogP contribution in [-0.2, 0) is 11.3 Å². The quantitative estimate of drug-likeness (QED) is 0.792. The summed E-state index contributed by atoms with van der Waals surface area (Å²) in [6, 6.07) is 7.52. The van der Waals surface area contributed by atoms with E-state index < -0.39 is 12.1 Å². The van der Waals surface area contributed by atoms with Gasteiger partial charge in [0.05, 0.1) is 17.1 Å². The zero-order valence-corrected chi connectivity index (χ0v) is 13.6. The molecule has 0 saturated carbocycles. The fourth-order valence-electron chi connectivity index (χ4n) is 2.12. The van der Waals surface area contributed by atoms with Crippen LogP contribution in [0, 0.1) is 0 Å². The second-order valence-electron chi connectivity index (χ2n) is 4.62. The fourth-order valence-corrected chi connectivity index (χ4v) is 2.28. The Morgan fingerprint density at radius 1 is 1.43 bits per heavy atom. The van der Waals surface area contributed by atoms with Crippen LogP contribution in [0.3, 0.4) is 0 Å². The van der Waals surface area contributed by atoms with E-state index in [2.05, 4.69) is 15.4 Å². The van der Waals surface area contributed by atoms with Gasteiger partial charge in [0.15, 0.2) is 0 Å². The number of carboxylic acids is 1. The third kappa shape index (κ3) is 3.88. The van der Waals surface area contributed by atoms with Crippen molar-refractivity contribution in [1.29, 1.82) is 0 Å². The van der Waals surface area contributed by atoms with Crippen LogP contribution in [0.5, 0.6) is 0 Å². The molecule has 122 valence electrons. The second-order valence-corrected chi connectivity index (χ2v) is 5.06. The highest BCUT2D eigenvalue weighted by Crippen LogP contribution is 2.19. The Hall–Kier alpha value is -2.38. The van der Waals surface area contributed by atoms with E-state index >= 15 is 0 Å². The Morgan fingerprint density at radius 3 is 2.83 bits per heavy atom. The lowest BCUT2D eigenvalue weighted by Gasteiger charge is -2.18. The molecule has 8 heteroatoms. The average molecular weight is 336 g/mol. The third-order valence-corrected chi connectivity index (χ3v) is 3.31. The van der Waals surface area contributed by atoms with E-state index in [1.165, 1.54) is 5.01 Å². The maximum Gasteiger partial charge on any atom is 0.345 e. The highest BCUT2D eigenvalue weighted by Gasteiger charge is 2.27. The number of guanidine groups is 1. The minimum Gasteiger partial charge on any atom is -0.479 e. The first-order chi connectivity index (χ1) is 11.0. The summed E-state index contributed by atoms with van der Waals surface area (Å²) in [6.45, 7) is 4.39. The number of nitrogens with one attached hydrogen (secondary N) is 1. The average Bonchev–Trinajstić information content (AvgIpc) is 2.90. The number of nitrogens with zero attached hydrogens (tertiary/aromatic N) is 3. The number of carbonyl (C=O) groups is 1. The van der Waals surface area contributed by atoms with Gasteiger partial charge in [-0.2, -0.15) is 5.43 Å². The molecule has 0 spiro atoms. The number of aliphatic carboxylic acids is 1. The molecule has 1 aliphatic heterocycles. The second kappa shape index (κ2) is 7.26. The number of hydrogen-bond acceptors (Lipinski definition) is 6. The Balaban J connectivity index is 0.000000924. The molecule has 3 rings (SSSR count). The molecule has 0 radical (unpaired) electrons. The summed E-state index contributed by atoms with van der Waals surface area (Å²) in [5.41, 5.74) is 10.2. The van der Waals surface area contributed by atoms with Crippen molar-refractivity contribution >= 4 is 34.4 Å². The van der Waals surface area contributed by atoms with E-state index in [1.807, 2.05) is 38.1 Å². The van der Waals surface area contributed by atoms with Crippen molar-refractivity contribution < 1.29 is 9.90 Å². The molecule has 1 aromatic heterocycles. The zero-order valence-electron chi connectivity index (χ0n) is 12.8. The smallest absolute Gasteiger partial charge is 0.345 e. The van der Waals surface area contributed by atoms with Crippen LogP contribution in [0.15, 0.2) is 35.5 Å². The van der Waals surface area contributed by atoms with Crippen molar-refractivity contribution in [3.8, 4) is 0 Å². The number of carboxylic acid groups (broad SMARTS) is 1. The molecule has 0 saturated heterocycles. The third-order valence-electron chi connectivity index (χ3n) is 3.10. The highest BCUT2D eigenvalue weighted by molar-refractivity contribution is 6.31. The first-order valence-corrected chi connectivity index (χ1v) is 7.55. The van der Waals surface area contributed by atoms with Crippen LogP contribution in [-0.4, -0.2) is 33.2 Å². The van der Waals surface area contributed by atoms with Crippen LogP contribution >= 0.6 is 11.6 Å². The molecule has 7 nitrogen and oxygen atoms in total. The number of nitrogens with two attached hydrogens (primary N) is 1. The molecule has 1 aliphatic rings. The van der Waals surface area contributed by atoms with Gasteiger partial charge in [-0.25, -0.2) is 9.79 Å². The number of rotatable bonds is 3. The van der Waals surface area contributed by atoms with E-state index in [0.29, 0.717) is 11.6 Å². The number of benzene rings is 1. The van der Waals surface area contributed by atoms with Gasteiger partial charge < -0.3 is 10.8 Å². The number of halogens is 1. The molecule has 4 N–H and O–H groups in total. The molecule has 1 unspecified atom stereocenters. The molecule has 1 aromatic carbocycles. The molecule has 0 bridgehead atoms. The van der Waals surface area contributed by atoms with E-state index in [-0.39, 0.29) is 5.96 Å². The predicted octanol–water partition coefficient (Wildman–Crippen LogP) is 1.96. The maximum absolute atomic E-state index is 10.9. The molecular weight excluding hydrogens is 318 g/mol. The fraction of sp³-hybridized carbons (Fsp3) is 0.267. The number of hydrogen-bond donors (Lipinski definition) is 3. The normalized spacial score (nSPS) is 16.7. The topological polar surface area (TPSA) is 104 Å². The molecule has 0 amide bonds. The molecule has 23 heavy (non-hydrogen) atoms. The maximum atomic E-state index is 10.9. The van der Waals surface area contributed by atoms with Crippen molar-refractivity contribution in [1.82, 2.24) is 15.4 Å². The van der Waals surface area contributed by atoms with Gasteiger partial charge in [-0.15, -0.1) is 0 Å². The van der Waals surface area contributed by atoms with Gasteiger partial charge >= 0.3 is 5.97 Å². The van der Waals surface area contributed by atoms with E-state index in [9.17, 15) is 4.79 Å². The molecule has 2 heterocycles. The van der Waals surface area contributed by atoms with E-state index in [1.54, 1.807) is 6.20 Å². The number of aliphatic imine (C=N–C) groups is 1. The summed E-state index contributed by atoms with van der Waals surface area (Å²) in [5.74, 6) is -0.929. The summed E-state index contributed by atoms with van der Waals surface area (Å²) in [5, 5.41) is 11.9. The van der Waals surface area contributed by atoms with Crippen LogP contribution < -0.4 is 11.2 Å². The number of fused-ring (bicyclic) bond motifs is 1. The van der Waals surface area contributed by atoms with Crippen molar-refractivity contribution in [3.05, 3.63) is 41.0 Å². The van der Waals surface area contributed by atoms with E-state index in [4.69, 9.17) is 22.4 Å². The molecule has 2 aromatic rings. The first kappa shape index (κ1) is 17.0. The van der Waals surface area contributed by atoms with Gasteiger partial charge in [0.25, 0.3) is 0 Å². The lowest BCUT2D eigenvalue weighted by atomic mass is 10.1. The summed E-state index contributed by atoms with van der Waals surface area (Å²) >= 11 is 5.93. The Morgan fingerprint density at radius 2 is 2.17 bits per heavy atom. The van der Waals surface area contributed by atoms with Gasteiger partial charge in [0.1, 0.15) is 0 Å². The summed E-state index contributed by atoms with van der Waals surface area (Å²) in [4.78, 5) is 18.9. The van der Waals surface area contributed by atoms with Crippen LogP contribution in [0.4, 0.5) is 0 Å². The largest absolute Gasteiger partial charge is 0.479 e. The van der Waals surface area contributed by atoms with Crippen LogP contribution in [0.1, 0.15) is 19.4 Å². The molecule has 0 fully saturated rings. The Labute approximate surface area is 138 Å². The monoisotopic (exact) mass is 335 g/mol. The van der Waals surface area contributed by atoms with Crippen LogP contribution in [0.25, 0.3) is 10.9 Å². The number of pyridine rings is 1. The Bertz CT molecular complexity index is 750. The standard InChI is InChI=1S/C13H12ClN5O2.C2H6/c14-9-4-8-3-7(1-2-10(8)16-5-9)6-19-13(15)17-11(18-19)12(20)21;1-2/h1-5,11,18H,6H2,(H2,15,17)(H,20,21);1-2H3. The van der Waals surface area contributed by atoms with Gasteiger partial charge in [-0.3, -0.25) is 9.99 Å². The van der Waals surface area contributed by atoms with Gasteiger partial charge in [0.2, 0.25) is 12.1 Å². The van der Waals surface area contributed by atoms with E-state index in [0.717, 1.165) is 16.5 Å². The van der Waals surface area contributed by atoms with Gasteiger partial charge in [0, 0.05) is 11.6 Å². The van der Waals surface area contributed by atoms with Crippen molar-refractivity contribution in [2.75, 3.05) is 0 Å². The minimum absolute atomic E-state index is 0.145. The molecular formula is C15H18ClN5O2. The van der Waals surface area contributed by atoms with Crippen LogP contribution in [0.2, 0.25) is 5.02 Å². The number of aromatic nitrogens is 1. The summed E-state index contributed by atoms with van der Waals surface area (Å²) in [6.07, 6.45) is 0.551. The van der Waals surface area contributed by atoms with Crippen molar-refractivity contribution in [2.45, 2.75) is 26.6 Å². The van der Waals surface area contributed by atoms with Crippen molar-refractivity contribution in [2.24, 2.45) is 10.7 Å².